The fourth-order valence-electron chi connectivity index (χ4n) is 2.26. The molecular formula is C15H17F2N3O3S. The first-order valence-electron chi connectivity index (χ1n) is 7.33. The van der Waals surface area contributed by atoms with E-state index >= 15 is 0 Å². The lowest BCUT2D eigenvalue weighted by Crippen LogP contribution is -2.55. The summed E-state index contributed by atoms with van der Waals surface area (Å²) < 4.78 is 24.5. The predicted molar refractivity (Wildman–Crippen MR) is 85.8 cm³/mol. The Hall–Kier alpha value is -2.16. The highest BCUT2D eigenvalue weighted by atomic mass is 32.2. The minimum Gasteiger partial charge on any atom is -0.333 e. The molecule has 2 rings (SSSR count). The summed E-state index contributed by atoms with van der Waals surface area (Å²) in [6.07, 6.45) is 0. The summed E-state index contributed by atoms with van der Waals surface area (Å²) in [7, 11) is 0. The van der Waals surface area contributed by atoms with Gasteiger partial charge in [-0.25, -0.2) is 0 Å². The summed E-state index contributed by atoms with van der Waals surface area (Å²) in [6, 6.07) is 5.96. The van der Waals surface area contributed by atoms with Crippen LogP contribution in [0.25, 0.3) is 0 Å². The molecule has 1 heterocycles. The number of hydrogen-bond acceptors (Lipinski definition) is 4. The van der Waals surface area contributed by atoms with E-state index in [9.17, 15) is 23.2 Å². The minimum absolute atomic E-state index is 0.227. The van der Waals surface area contributed by atoms with Crippen molar-refractivity contribution in [3.8, 4) is 0 Å². The number of thioether (sulfide) groups is 1. The van der Waals surface area contributed by atoms with Crippen molar-refractivity contribution in [2.24, 2.45) is 0 Å². The number of anilines is 1. The minimum atomic E-state index is -2.50. The molecule has 0 aliphatic carbocycles. The quantitative estimate of drug-likeness (QED) is 0.621. The number of likely N-dealkylation sites (N-methyl/N-ethyl adjacent to an activating group) is 1. The third-order valence-corrected chi connectivity index (χ3v) is 4.20. The van der Waals surface area contributed by atoms with Crippen LogP contribution in [0.4, 0.5) is 14.5 Å². The number of amides is 3. The topological polar surface area (TPSA) is 69.7 Å². The molecule has 3 amide bonds. The van der Waals surface area contributed by atoms with Crippen molar-refractivity contribution in [1.29, 1.82) is 0 Å². The van der Waals surface area contributed by atoms with Gasteiger partial charge in [0, 0.05) is 30.2 Å². The van der Waals surface area contributed by atoms with Crippen LogP contribution < -0.4 is 5.32 Å². The molecule has 1 aromatic carbocycles. The van der Waals surface area contributed by atoms with Crippen molar-refractivity contribution in [2.75, 3.05) is 31.5 Å². The van der Waals surface area contributed by atoms with E-state index in [1.165, 1.54) is 34.1 Å². The maximum Gasteiger partial charge on any atom is 0.312 e. The highest BCUT2D eigenvalue weighted by Gasteiger charge is 2.32. The Balaban J connectivity index is 1.89. The predicted octanol–water partition coefficient (Wildman–Crippen LogP) is 1.63. The molecule has 9 heteroatoms. The monoisotopic (exact) mass is 357 g/mol. The SMILES string of the molecule is CCN1CCN(CC(=O)Nc2ccc(SC(F)F)cc2)C(=O)C1=O. The number of alkyl halides is 2. The van der Waals surface area contributed by atoms with Crippen LogP contribution in [-0.4, -0.2) is 59.5 Å². The number of halogens is 2. The lowest BCUT2D eigenvalue weighted by atomic mass is 10.2. The second-order valence-corrected chi connectivity index (χ2v) is 6.13. The van der Waals surface area contributed by atoms with Crippen molar-refractivity contribution >= 4 is 35.2 Å². The number of nitrogens with zero attached hydrogens (tertiary/aromatic N) is 2. The van der Waals surface area contributed by atoms with Gasteiger partial charge in [0.25, 0.3) is 5.76 Å². The number of rotatable bonds is 6. The van der Waals surface area contributed by atoms with E-state index in [0.717, 1.165) is 0 Å². The molecule has 1 aliphatic rings. The summed E-state index contributed by atoms with van der Waals surface area (Å²) in [4.78, 5) is 38.7. The first kappa shape index (κ1) is 18.2. The average Bonchev–Trinajstić information content (AvgIpc) is 2.53. The Morgan fingerprint density at radius 2 is 1.75 bits per heavy atom. The number of benzene rings is 1. The second kappa shape index (κ2) is 8.09. The molecule has 1 aromatic rings. The van der Waals surface area contributed by atoms with Crippen molar-refractivity contribution < 1.29 is 23.2 Å². The van der Waals surface area contributed by atoms with Gasteiger partial charge < -0.3 is 15.1 Å². The molecule has 0 aromatic heterocycles. The van der Waals surface area contributed by atoms with Crippen LogP contribution >= 0.6 is 11.8 Å². The number of hydrogen-bond donors (Lipinski definition) is 1. The third-order valence-electron chi connectivity index (χ3n) is 3.48. The molecule has 24 heavy (non-hydrogen) atoms. The van der Waals surface area contributed by atoms with E-state index in [1.807, 2.05) is 0 Å². The standard InChI is InChI=1S/C15H17F2N3O3S/c1-2-19-7-8-20(14(23)13(19)22)9-12(21)18-10-3-5-11(6-4-10)24-15(16)17/h3-6,15H,2,7-9H2,1H3,(H,18,21). The van der Waals surface area contributed by atoms with Gasteiger partial charge in [0.05, 0.1) is 0 Å². The summed E-state index contributed by atoms with van der Waals surface area (Å²) in [5.41, 5.74) is 0.435. The van der Waals surface area contributed by atoms with Crippen LogP contribution in [0.2, 0.25) is 0 Å². The van der Waals surface area contributed by atoms with E-state index in [2.05, 4.69) is 5.32 Å². The zero-order valence-electron chi connectivity index (χ0n) is 13.0. The summed E-state index contributed by atoms with van der Waals surface area (Å²) in [5, 5.41) is 2.58. The van der Waals surface area contributed by atoms with E-state index in [-0.39, 0.29) is 6.54 Å². The Bertz CT molecular complexity index is 625. The molecular weight excluding hydrogens is 340 g/mol. The van der Waals surface area contributed by atoms with Gasteiger partial charge in [0.15, 0.2) is 0 Å². The van der Waals surface area contributed by atoms with Crippen LogP contribution in [0, 0.1) is 0 Å². The first-order chi connectivity index (χ1) is 11.4. The Morgan fingerprint density at radius 3 is 2.33 bits per heavy atom. The van der Waals surface area contributed by atoms with Gasteiger partial charge in [-0.3, -0.25) is 14.4 Å². The molecule has 6 nitrogen and oxygen atoms in total. The maximum atomic E-state index is 12.2. The average molecular weight is 357 g/mol. The van der Waals surface area contributed by atoms with Crippen LogP contribution in [0.3, 0.4) is 0 Å². The van der Waals surface area contributed by atoms with Crippen LogP contribution in [-0.2, 0) is 14.4 Å². The number of nitrogens with one attached hydrogen (secondary N) is 1. The zero-order chi connectivity index (χ0) is 17.7. The summed E-state index contributed by atoms with van der Waals surface area (Å²) in [5.74, 6) is -4.25. The molecule has 0 spiro atoms. The highest BCUT2D eigenvalue weighted by Crippen LogP contribution is 2.26. The largest absolute Gasteiger partial charge is 0.333 e. The molecule has 0 atom stereocenters. The molecule has 0 saturated carbocycles. The molecule has 1 fully saturated rings. The van der Waals surface area contributed by atoms with Crippen LogP contribution in [0.15, 0.2) is 29.2 Å². The van der Waals surface area contributed by atoms with E-state index in [1.54, 1.807) is 6.92 Å². The first-order valence-corrected chi connectivity index (χ1v) is 8.21. The van der Waals surface area contributed by atoms with E-state index < -0.39 is 23.5 Å². The van der Waals surface area contributed by atoms with Gasteiger partial charge in [-0.15, -0.1) is 0 Å². The lowest BCUT2D eigenvalue weighted by molar-refractivity contribution is -0.156. The Labute approximate surface area is 142 Å². The van der Waals surface area contributed by atoms with Gasteiger partial charge in [0.1, 0.15) is 6.54 Å². The lowest BCUT2D eigenvalue weighted by Gasteiger charge is -2.32. The maximum absolute atomic E-state index is 12.2. The van der Waals surface area contributed by atoms with Gasteiger partial charge in [-0.1, -0.05) is 11.8 Å². The normalized spacial score (nSPS) is 15.2. The smallest absolute Gasteiger partial charge is 0.312 e. The number of carbonyl (C=O) groups excluding carboxylic acids is 3. The molecule has 1 aliphatic heterocycles. The van der Waals surface area contributed by atoms with E-state index in [4.69, 9.17) is 0 Å². The molecule has 0 bridgehead atoms. The second-order valence-electron chi connectivity index (χ2n) is 5.06. The third kappa shape index (κ3) is 4.67. The van der Waals surface area contributed by atoms with E-state index in [0.29, 0.717) is 42.0 Å². The summed E-state index contributed by atoms with van der Waals surface area (Å²) in [6.45, 7) is 2.70. The van der Waals surface area contributed by atoms with Crippen molar-refractivity contribution in [3.05, 3.63) is 24.3 Å². The van der Waals surface area contributed by atoms with Crippen molar-refractivity contribution in [2.45, 2.75) is 17.6 Å². The highest BCUT2D eigenvalue weighted by molar-refractivity contribution is 7.99. The molecule has 0 unspecified atom stereocenters. The zero-order valence-corrected chi connectivity index (χ0v) is 13.8. The molecule has 1 N–H and O–H groups in total. The fraction of sp³-hybridized carbons (Fsp3) is 0.400. The van der Waals surface area contributed by atoms with Gasteiger partial charge >= 0.3 is 11.8 Å². The van der Waals surface area contributed by atoms with Crippen molar-refractivity contribution in [1.82, 2.24) is 9.80 Å². The molecule has 1 saturated heterocycles. The number of carbonyl (C=O) groups is 3. The Kier molecular flexibility index (Phi) is 6.13. The summed E-state index contributed by atoms with van der Waals surface area (Å²) >= 11 is 0.416. The Morgan fingerprint density at radius 1 is 1.17 bits per heavy atom. The molecule has 0 radical (unpaired) electrons. The fourth-order valence-corrected chi connectivity index (χ4v) is 2.76. The van der Waals surface area contributed by atoms with Gasteiger partial charge in [-0.2, -0.15) is 8.78 Å². The van der Waals surface area contributed by atoms with Gasteiger partial charge in [0.2, 0.25) is 5.91 Å². The van der Waals surface area contributed by atoms with Gasteiger partial charge in [-0.05, 0) is 31.2 Å². The number of piperazine rings is 1. The van der Waals surface area contributed by atoms with Crippen LogP contribution in [0.1, 0.15) is 6.92 Å². The van der Waals surface area contributed by atoms with Crippen molar-refractivity contribution in [3.63, 3.8) is 0 Å². The molecule has 130 valence electrons. The van der Waals surface area contributed by atoms with Crippen LogP contribution in [0.5, 0.6) is 0 Å².